The van der Waals surface area contributed by atoms with Crippen LogP contribution in [0.1, 0.15) is 17.4 Å². The lowest BCUT2D eigenvalue weighted by Crippen LogP contribution is -2.27. The number of para-hydroxylation sites is 1. The van der Waals surface area contributed by atoms with Crippen LogP contribution in [0, 0.1) is 0 Å². The molecule has 0 atom stereocenters. The molecule has 0 radical (unpaired) electrons. The van der Waals surface area contributed by atoms with Gasteiger partial charge in [0, 0.05) is 11.8 Å². The van der Waals surface area contributed by atoms with Crippen molar-refractivity contribution in [2.24, 2.45) is 0 Å². The van der Waals surface area contributed by atoms with Gasteiger partial charge < -0.3 is 24.3 Å². The maximum atomic E-state index is 12.7. The number of hydrogen-bond donors (Lipinski definition) is 1. The Morgan fingerprint density at radius 3 is 2.73 bits per heavy atom. The molecule has 1 N–H and O–H groups in total. The number of nitrogens with one attached hydrogen (secondary N) is 1. The SMILES string of the molecule is CCOC(=O)c1nn(-c2ccccc2Cl)c(=O)cc1OCC(=O)Nc1ccc2c(c1)OCO2. The highest BCUT2D eigenvalue weighted by Crippen LogP contribution is 2.34. The maximum absolute atomic E-state index is 12.7. The number of rotatable bonds is 7. The standard InChI is InChI=1S/C22H18ClN3O7/c1-2-30-22(29)21-18(10-20(28)26(25-21)15-6-4-3-5-14(15)23)31-11-19(27)24-13-7-8-16-17(9-13)33-12-32-16/h3-10H,2,11-12H2,1H3,(H,24,27). The summed E-state index contributed by atoms with van der Waals surface area (Å²) in [6, 6.07) is 12.5. The van der Waals surface area contributed by atoms with Crippen LogP contribution >= 0.6 is 11.6 Å². The topological polar surface area (TPSA) is 118 Å². The molecule has 1 amide bonds. The van der Waals surface area contributed by atoms with Crippen LogP contribution in [0.15, 0.2) is 53.3 Å². The summed E-state index contributed by atoms with van der Waals surface area (Å²) in [7, 11) is 0. The third-order valence-corrected chi connectivity index (χ3v) is 4.78. The lowest BCUT2D eigenvalue weighted by Gasteiger charge is -2.13. The summed E-state index contributed by atoms with van der Waals surface area (Å²) in [5, 5.41) is 6.98. The van der Waals surface area contributed by atoms with E-state index >= 15 is 0 Å². The highest BCUT2D eigenvalue weighted by molar-refractivity contribution is 6.32. The molecule has 3 aromatic rings. The van der Waals surface area contributed by atoms with Gasteiger partial charge in [-0.05, 0) is 31.2 Å². The molecular formula is C22H18ClN3O7. The van der Waals surface area contributed by atoms with Crippen LogP contribution in [-0.4, -0.2) is 41.7 Å². The fourth-order valence-electron chi connectivity index (χ4n) is 3.00. The monoisotopic (exact) mass is 471 g/mol. The van der Waals surface area contributed by atoms with E-state index in [0.717, 1.165) is 10.7 Å². The fraction of sp³-hybridized carbons (Fsp3) is 0.182. The van der Waals surface area contributed by atoms with Crippen molar-refractivity contribution in [2.75, 3.05) is 25.3 Å². The van der Waals surface area contributed by atoms with Crippen molar-refractivity contribution in [2.45, 2.75) is 6.92 Å². The number of carbonyl (C=O) groups is 2. The minimum Gasteiger partial charge on any atom is -0.481 e. The minimum absolute atomic E-state index is 0.0791. The number of anilines is 1. The molecule has 0 spiro atoms. The number of aromatic nitrogens is 2. The quantitative estimate of drug-likeness (QED) is 0.522. The highest BCUT2D eigenvalue weighted by atomic mass is 35.5. The molecule has 0 unspecified atom stereocenters. The second kappa shape index (κ2) is 9.61. The number of hydrogen-bond acceptors (Lipinski definition) is 8. The fourth-order valence-corrected chi connectivity index (χ4v) is 3.22. The number of benzene rings is 2. The van der Waals surface area contributed by atoms with Gasteiger partial charge in [0.25, 0.3) is 11.5 Å². The van der Waals surface area contributed by atoms with Crippen molar-refractivity contribution in [3.63, 3.8) is 0 Å². The Kier molecular flexibility index (Phi) is 6.45. The summed E-state index contributed by atoms with van der Waals surface area (Å²) >= 11 is 6.16. The van der Waals surface area contributed by atoms with Crippen molar-refractivity contribution in [3.8, 4) is 22.9 Å². The largest absolute Gasteiger partial charge is 0.481 e. The summed E-state index contributed by atoms with van der Waals surface area (Å²) < 4.78 is 21.9. The molecular weight excluding hydrogens is 454 g/mol. The number of esters is 1. The zero-order valence-electron chi connectivity index (χ0n) is 17.4. The van der Waals surface area contributed by atoms with Crippen LogP contribution in [0.4, 0.5) is 5.69 Å². The normalized spacial score (nSPS) is 11.7. The zero-order chi connectivity index (χ0) is 23.4. The van der Waals surface area contributed by atoms with Crippen molar-refractivity contribution in [1.82, 2.24) is 9.78 Å². The number of fused-ring (bicyclic) bond motifs is 1. The van der Waals surface area contributed by atoms with Gasteiger partial charge in [0.05, 0.1) is 23.4 Å². The molecule has 11 heteroatoms. The second-order valence-corrected chi connectivity index (χ2v) is 7.09. The van der Waals surface area contributed by atoms with Gasteiger partial charge in [-0.3, -0.25) is 9.59 Å². The highest BCUT2D eigenvalue weighted by Gasteiger charge is 2.21. The molecule has 2 heterocycles. The Bertz CT molecular complexity index is 1280. The lowest BCUT2D eigenvalue weighted by atomic mass is 10.3. The summed E-state index contributed by atoms with van der Waals surface area (Å²) in [5.74, 6) is -0.454. The molecule has 0 saturated carbocycles. The predicted octanol–water partition coefficient (Wildman–Crippen LogP) is 2.81. The number of halogens is 1. The third kappa shape index (κ3) is 4.90. The van der Waals surface area contributed by atoms with Crippen LogP contribution in [0.2, 0.25) is 5.02 Å². The van der Waals surface area contributed by atoms with Gasteiger partial charge in [-0.25, -0.2) is 4.79 Å². The van der Waals surface area contributed by atoms with Gasteiger partial charge in [-0.1, -0.05) is 23.7 Å². The molecule has 170 valence electrons. The predicted molar refractivity (Wildman–Crippen MR) is 117 cm³/mol. The van der Waals surface area contributed by atoms with Crippen LogP contribution in [-0.2, 0) is 9.53 Å². The van der Waals surface area contributed by atoms with Crippen LogP contribution in [0.3, 0.4) is 0 Å². The van der Waals surface area contributed by atoms with E-state index in [2.05, 4.69) is 10.4 Å². The van der Waals surface area contributed by atoms with Gasteiger partial charge >= 0.3 is 5.97 Å². The molecule has 2 aromatic carbocycles. The first kappa shape index (κ1) is 22.2. The van der Waals surface area contributed by atoms with Crippen molar-refractivity contribution in [3.05, 3.63) is 69.6 Å². The van der Waals surface area contributed by atoms with Crippen LogP contribution < -0.4 is 25.1 Å². The van der Waals surface area contributed by atoms with Gasteiger partial charge in [0.2, 0.25) is 12.5 Å². The number of amides is 1. The molecule has 0 fully saturated rings. The average Bonchev–Trinajstić information content (AvgIpc) is 3.26. The first-order chi connectivity index (χ1) is 16.0. The number of carbonyl (C=O) groups excluding carboxylic acids is 2. The number of nitrogens with zero attached hydrogens (tertiary/aromatic N) is 2. The molecule has 1 aliphatic heterocycles. The Morgan fingerprint density at radius 2 is 1.94 bits per heavy atom. The van der Waals surface area contributed by atoms with Crippen molar-refractivity contribution in [1.29, 1.82) is 0 Å². The van der Waals surface area contributed by atoms with Crippen molar-refractivity contribution < 1.29 is 28.5 Å². The van der Waals surface area contributed by atoms with Gasteiger partial charge in [-0.2, -0.15) is 9.78 Å². The van der Waals surface area contributed by atoms with Crippen LogP contribution in [0.5, 0.6) is 17.2 Å². The van der Waals surface area contributed by atoms with E-state index in [4.69, 9.17) is 30.5 Å². The Morgan fingerprint density at radius 1 is 1.15 bits per heavy atom. The molecule has 1 aliphatic rings. The summed E-state index contributed by atoms with van der Waals surface area (Å²) in [6.07, 6.45) is 0. The third-order valence-electron chi connectivity index (χ3n) is 4.46. The van der Waals surface area contributed by atoms with E-state index in [1.807, 2.05) is 0 Å². The Balaban J connectivity index is 1.55. The summed E-state index contributed by atoms with van der Waals surface area (Å²) in [5.41, 5.74) is -0.137. The Hall–Kier alpha value is -4.05. The first-order valence-corrected chi connectivity index (χ1v) is 10.2. The molecule has 10 nitrogen and oxygen atoms in total. The minimum atomic E-state index is -0.815. The van der Waals surface area contributed by atoms with E-state index < -0.39 is 24.0 Å². The van der Waals surface area contributed by atoms with E-state index in [1.165, 1.54) is 0 Å². The first-order valence-electron chi connectivity index (χ1n) is 9.85. The Labute approximate surface area is 192 Å². The van der Waals surface area contributed by atoms with E-state index in [9.17, 15) is 14.4 Å². The number of ether oxygens (including phenoxy) is 4. The smallest absolute Gasteiger partial charge is 0.362 e. The van der Waals surface area contributed by atoms with E-state index in [1.54, 1.807) is 49.4 Å². The molecule has 33 heavy (non-hydrogen) atoms. The van der Waals surface area contributed by atoms with Gasteiger partial charge in [-0.15, -0.1) is 0 Å². The molecule has 0 saturated heterocycles. The van der Waals surface area contributed by atoms with Gasteiger partial charge in [0.1, 0.15) is 0 Å². The van der Waals surface area contributed by atoms with E-state index in [-0.39, 0.29) is 35.6 Å². The summed E-state index contributed by atoms with van der Waals surface area (Å²) in [4.78, 5) is 37.5. The van der Waals surface area contributed by atoms with E-state index in [0.29, 0.717) is 17.2 Å². The molecule has 1 aromatic heterocycles. The summed E-state index contributed by atoms with van der Waals surface area (Å²) in [6.45, 7) is 1.33. The molecule has 4 rings (SSSR count). The average molecular weight is 472 g/mol. The lowest BCUT2D eigenvalue weighted by molar-refractivity contribution is -0.118. The van der Waals surface area contributed by atoms with Gasteiger partial charge in [0.15, 0.2) is 23.9 Å². The van der Waals surface area contributed by atoms with Crippen LogP contribution in [0.25, 0.3) is 5.69 Å². The maximum Gasteiger partial charge on any atom is 0.362 e. The molecule has 0 aliphatic carbocycles. The molecule has 0 bridgehead atoms. The zero-order valence-corrected chi connectivity index (χ0v) is 18.1. The van der Waals surface area contributed by atoms with Crippen molar-refractivity contribution >= 4 is 29.2 Å². The second-order valence-electron chi connectivity index (χ2n) is 6.68.